The fraction of sp³-hybridized carbons (Fsp3) is 0.500. The molecule has 0 unspecified atom stereocenters. The topological polar surface area (TPSA) is 39.9 Å². The Morgan fingerprint density at radius 1 is 1.12 bits per heavy atom. The Morgan fingerprint density at radius 2 is 1.83 bits per heavy atom. The zero-order valence-electron chi connectivity index (χ0n) is 14.7. The van der Waals surface area contributed by atoms with Crippen molar-refractivity contribution in [3.8, 4) is 11.3 Å². The van der Waals surface area contributed by atoms with Gasteiger partial charge in [-0.1, -0.05) is 29.8 Å². The third-order valence-electron chi connectivity index (χ3n) is 4.95. The molecule has 0 atom stereocenters. The SMILES string of the molecule is Cc1ccc(-c2ccc(CN(CCO)C3CCN(C)CC3)o2)cc1. The summed E-state index contributed by atoms with van der Waals surface area (Å²) in [7, 11) is 2.17. The summed E-state index contributed by atoms with van der Waals surface area (Å²) in [5, 5.41) is 9.42. The van der Waals surface area contributed by atoms with E-state index in [4.69, 9.17) is 4.42 Å². The molecule has 0 saturated carbocycles. The maximum atomic E-state index is 9.42. The summed E-state index contributed by atoms with van der Waals surface area (Å²) < 4.78 is 6.06. The number of hydrogen-bond donors (Lipinski definition) is 1. The number of rotatable bonds is 6. The minimum Gasteiger partial charge on any atom is -0.460 e. The van der Waals surface area contributed by atoms with Crippen LogP contribution in [0.5, 0.6) is 0 Å². The van der Waals surface area contributed by atoms with Crippen LogP contribution in [0.4, 0.5) is 0 Å². The van der Waals surface area contributed by atoms with Gasteiger partial charge in [0.15, 0.2) is 0 Å². The van der Waals surface area contributed by atoms with Crippen molar-refractivity contribution in [2.75, 3.05) is 33.3 Å². The first-order valence-electron chi connectivity index (χ1n) is 8.85. The van der Waals surface area contributed by atoms with Gasteiger partial charge in [-0.25, -0.2) is 0 Å². The molecule has 4 nitrogen and oxygen atoms in total. The maximum Gasteiger partial charge on any atom is 0.134 e. The lowest BCUT2D eigenvalue weighted by atomic mass is 10.0. The van der Waals surface area contributed by atoms with E-state index in [2.05, 4.69) is 54.1 Å². The number of furan rings is 1. The minimum absolute atomic E-state index is 0.192. The molecule has 4 heteroatoms. The largest absolute Gasteiger partial charge is 0.460 e. The molecule has 0 bridgehead atoms. The van der Waals surface area contributed by atoms with E-state index in [0.717, 1.165) is 49.6 Å². The molecule has 1 aromatic carbocycles. The number of aliphatic hydroxyl groups excluding tert-OH is 1. The van der Waals surface area contributed by atoms with Crippen molar-refractivity contribution in [2.24, 2.45) is 0 Å². The van der Waals surface area contributed by atoms with Crippen molar-refractivity contribution < 1.29 is 9.52 Å². The molecule has 1 aliphatic rings. The van der Waals surface area contributed by atoms with E-state index in [1.165, 1.54) is 5.56 Å². The van der Waals surface area contributed by atoms with Crippen molar-refractivity contribution in [1.29, 1.82) is 0 Å². The van der Waals surface area contributed by atoms with E-state index in [1.54, 1.807) is 0 Å². The van der Waals surface area contributed by atoms with Crippen LogP contribution in [0.25, 0.3) is 11.3 Å². The lowest BCUT2D eigenvalue weighted by Crippen LogP contribution is -2.44. The van der Waals surface area contributed by atoms with Gasteiger partial charge in [0.25, 0.3) is 0 Å². The van der Waals surface area contributed by atoms with Crippen LogP contribution in [0.15, 0.2) is 40.8 Å². The number of aryl methyl sites for hydroxylation is 1. The molecule has 0 spiro atoms. The van der Waals surface area contributed by atoms with E-state index >= 15 is 0 Å². The molecule has 1 N–H and O–H groups in total. The molecule has 0 radical (unpaired) electrons. The maximum absolute atomic E-state index is 9.42. The quantitative estimate of drug-likeness (QED) is 0.884. The Labute approximate surface area is 144 Å². The number of likely N-dealkylation sites (tertiary alicyclic amines) is 1. The van der Waals surface area contributed by atoms with Crippen LogP contribution in [-0.2, 0) is 6.54 Å². The Morgan fingerprint density at radius 3 is 2.50 bits per heavy atom. The third-order valence-corrected chi connectivity index (χ3v) is 4.95. The summed E-state index contributed by atoms with van der Waals surface area (Å²) in [6.07, 6.45) is 2.31. The second-order valence-electron chi connectivity index (χ2n) is 6.86. The highest BCUT2D eigenvalue weighted by atomic mass is 16.3. The van der Waals surface area contributed by atoms with Gasteiger partial charge >= 0.3 is 0 Å². The summed E-state index contributed by atoms with van der Waals surface area (Å²) in [4.78, 5) is 4.74. The summed E-state index contributed by atoms with van der Waals surface area (Å²) in [5.41, 5.74) is 2.36. The van der Waals surface area contributed by atoms with Crippen LogP contribution in [0.1, 0.15) is 24.2 Å². The Kier molecular flexibility index (Phi) is 5.72. The van der Waals surface area contributed by atoms with Gasteiger partial charge < -0.3 is 14.4 Å². The van der Waals surface area contributed by atoms with Crippen LogP contribution in [0, 0.1) is 6.92 Å². The summed E-state index contributed by atoms with van der Waals surface area (Å²) >= 11 is 0. The van der Waals surface area contributed by atoms with Gasteiger partial charge in [0, 0.05) is 18.2 Å². The molecule has 1 aliphatic heterocycles. The average Bonchev–Trinajstić information content (AvgIpc) is 3.04. The molecular weight excluding hydrogens is 300 g/mol. The zero-order chi connectivity index (χ0) is 16.9. The zero-order valence-corrected chi connectivity index (χ0v) is 14.7. The van der Waals surface area contributed by atoms with E-state index < -0.39 is 0 Å². The summed E-state index contributed by atoms with van der Waals surface area (Å²) in [5.74, 6) is 1.88. The van der Waals surface area contributed by atoms with Crippen LogP contribution in [0.3, 0.4) is 0 Å². The lowest BCUT2D eigenvalue weighted by molar-refractivity contribution is 0.0885. The number of hydrogen-bond acceptors (Lipinski definition) is 4. The van der Waals surface area contributed by atoms with Gasteiger partial charge in [0.2, 0.25) is 0 Å². The van der Waals surface area contributed by atoms with E-state index in [9.17, 15) is 5.11 Å². The molecule has 1 saturated heterocycles. The fourth-order valence-electron chi connectivity index (χ4n) is 3.42. The van der Waals surface area contributed by atoms with Crippen molar-refractivity contribution in [3.05, 3.63) is 47.7 Å². The minimum atomic E-state index is 0.192. The second kappa shape index (κ2) is 7.97. The Balaban J connectivity index is 1.68. The second-order valence-corrected chi connectivity index (χ2v) is 6.86. The smallest absolute Gasteiger partial charge is 0.134 e. The van der Waals surface area contributed by atoms with Crippen LogP contribution in [0.2, 0.25) is 0 Å². The molecule has 0 aliphatic carbocycles. The Bertz CT molecular complexity index is 627. The number of aliphatic hydroxyl groups is 1. The highest BCUT2D eigenvalue weighted by molar-refractivity contribution is 5.57. The van der Waals surface area contributed by atoms with Crippen LogP contribution in [-0.4, -0.2) is 54.2 Å². The molecule has 2 heterocycles. The lowest BCUT2D eigenvalue weighted by Gasteiger charge is -2.36. The first kappa shape index (κ1) is 17.2. The summed E-state index contributed by atoms with van der Waals surface area (Å²) in [6, 6.07) is 13.0. The molecular formula is C20H28N2O2. The van der Waals surface area contributed by atoms with E-state index in [1.807, 2.05) is 6.07 Å². The van der Waals surface area contributed by atoms with Gasteiger partial charge in [-0.3, -0.25) is 4.90 Å². The molecule has 1 aromatic heterocycles. The monoisotopic (exact) mass is 328 g/mol. The number of nitrogens with zero attached hydrogens (tertiary/aromatic N) is 2. The van der Waals surface area contributed by atoms with E-state index in [0.29, 0.717) is 12.6 Å². The van der Waals surface area contributed by atoms with Crippen molar-refractivity contribution >= 4 is 0 Å². The molecule has 0 amide bonds. The van der Waals surface area contributed by atoms with E-state index in [-0.39, 0.29) is 6.61 Å². The molecule has 2 aromatic rings. The molecule has 130 valence electrons. The first-order valence-corrected chi connectivity index (χ1v) is 8.85. The molecule has 3 rings (SSSR count). The van der Waals surface area contributed by atoms with Gasteiger partial charge in [0.05, 0.1) is 13.2 Å². The van der Waals surface area contributed by atoms with Gasteiger partial charge in [-0.2, -0.15) is 0 Å². The first-order chi connectivity index (χ1) is 11.7. The summed E-state index contributed by atoms with van der Waals surface area (Å²) in [6.45, 7) is 6.00. The average molecular weight is 328 g/mol. The highest BCUT2D eigenvalue weighted by Crippen LogP contribution is 2.25. The highest BCUT2D eigenvalue weighted by Gasteiger charge is 2.23. The standard InChI is InChI=1S/C20H28N2O2/c1-16-3-5-17(6-4-16)20-8-7-19(24-20)15-22(13-14-23)18-9-11-21(2)12-10-18/h3-8,18,23H,9-15H2,1-2H3. The van der Waals surface area contributed by atoms with Gasteiger partial charge in [-0.05, 0) is 52.0 Å². The van der Waals surface area contributed by atoms with Crippen LogP contribution >= 0.6 is 0 Å². The van der Waals surface area contributed by atoms with Gasteiger partial charge in [-0.15, -0.1) is 0 Å². The van der Waals surface area contributed by atoms with Crippen molar-refractivity contribution in [1.82, 2.24) is 9.80 Å². The van der Waals surface area contributed by atoms with Crippen molar-refractivity contribution in [3.63, 3.8) is 0 Å². The molecule has 24 heavy (non-hydrogen) atoms. The van der Waals surface area contributed by atoms with Crippen molar-refractivity contribution in [2.45, 2.75) is 32.4 Å². The van der Waals surface area contributed by atoms with Gasteiger partial charge in [0.1, 0.15) is 11.5 Å². The number of benzene rings is 1. The number of piperidine rings is 1. The Hall–Kier alpha value is -1.62. The molecule has 1 fully saturated rings. The predicted octanol–water partition coefficient (Wildman–Crippen LogP) is 3.14. The van der Waals surface area contributed by atoms with Crippen LogP contribution < -0.4 is 0 Å². The normalized spacial score (nSPS) is 16.8. The fourth-order valence-corrected chi connectivity index (χ4v) is 3.42. The predicted molar refractivity (Wildman–Crippen MR) is 96.9 cm³/mol. The third kappa shape index (κ3) is 4.26.